The molecule has 2 heterocycles. The number of aromatic nitrogens is 3. The maximum absolute atomic E-state index is 7.23. The van der Waals surface area contributed by atoms with Crippen molar-refractivity contribution in [2.45, 2.75) is 13.3 Å². The lowest BCUT2D eigenvalue weighted by Gasteiger charge is -2.01. The summed E-state index contributed by atoms with van der Waals surface area (Å²) in [6.07, 6.45) is 0.403. The summed E-state index contributed by atoms with van der Waals surface area (Å²) in [6.45, 7) is 1.84. The van der Waals surface area contributed by atoms with Crippen LogP contribution in [-0.2, 0) is 6.42 Å². The molecule has 0 amide bonds. The van der Waals surface area contributed by atoms with E-state index >= 15 is 0 Å². The fourth-order valence-electron chi connectivity index (χ4n) is 1.40. The van der Waals surface area contributed by atoms with Crippen molar-refractivity contribution in [3.63, 3.8) is 0 Å². The minimum atomic E-state index is 0.130. The maximum Gasteiger partial charge on any atom is 0.155 e. The highest BCUT2D eigenvalue weighted by atomic mass is 15.3. The molecule has 0 saturated carbocycles. The second-order valence-corrected chi connectivity index (χ2v) is 3.15. The van der Waals surface area contributed by atoms with Crippen LogP contribution in [0, 0.1) is 12.3 Å². The lowest BCUT2D eigenvalue weighted by Crippen LogP contribution is -2.15. The third kappa shape index (κ3) is 1.44. The maximum atomic E-state index is 7.23. The number of fused-ring (bicyclic) bond motifs is 1. The standard InChI is InChI=1S/C9H11N5/c1-6-12-9-4-2-3-7(5-8(10)11)14(9)13-6/h2-4H,5H2,1H3,(H3,10,11). The molecule has 0 atom stereocenters. The van der Waals surface area contributed by atoms with Gasteiger partial charge in [-0.2, -0.15) is 5.10 Å². The van der Waals surface area contributed by atoms with Crippen LogP contribution >= 0.6 is 0 Å². The molecule has 0 aliphatic heterocycles. The number of pyridine rings is 1. The average molecular weight is 189 g/mol. The number of nitrogens with one attached hydrogen (secondary N) is 1. The molecular weight excluding hydrogens is 178 g/mol. The van der Waals surface area contributed by atoms with Crippen LogP contribution in [0.5, 0.6) is 0 Å². The van der Waals surface area contributed by atoms with Gasteiger partial charge >= 0.3 is 0 Å². The van der Waals surface area contributed by atoms with E-state index in [1.54, 1.807) is 4.52 Å². The lowest BCUT2D eigenvalue weighted by molar-refractivity contribution is 0.874. The number of nitrogens with zero attached hydrogens (tertiary/aromatic N) is 3. The molecule has 0 unspecified atom stereocenters. The third-order valence-electron chi connectivity index (χ3n) is 1.92. The Labute approximate surface area is 81.1 Å². The second kappa shape index (κ2) is 3.10. The molecule has 0 spiro atoms. The van der Waals surface area contributed by atoms with Crippen LogP contribution in [0.3, 0.4) is 0 Å². The first-order valence-corrected chi connectivity index (χ1v) is 4.31. The topological polar surface area (TPSA) is 80.1 Å². The molecule has 14 heavy (non-hydrogen) atoms. The zero-order valence-electron chi connectivity index (χ0n) is 7.86. The zero-order valence-corrected chi connectivity index (χ0v) is 7.86. The first-order valence-electron chi connectivity index (χ1n) is 4.31. The zero-order chi connectivity index (χ0) is 10.1. The molecule has 72 valence electrons. The van der Waals surface area contributed by atoms with Crippen molar-refractivity contribution in [1.82, 2.24) is 14.6 Å². The van der Waals surface area contributed by atoms with E-state index in [-0.39, 0.29) is 5.84 Å². The predicted octanol–water partition coefficient (Wildman–Crippen LogP) is 0.516. The van der Waals surface area contributed by atoms with E-state index < -0.39 is 0 Å². The van der Waals surface area contributed by atoms with Crippen molar-refractivity contribution >= 4 is 11.5 Å². The van der Waals surface area contributed by atoms with Gasteiger partial charge in [0.2, 0.25) is 0 Å². The Morgan fingerprint density at radius 3 is 3.07 bits per heavy atom. The Hall–Kier alpha value is -1.91. The Bertz CT molecular complexity index is 485. The van der Waals surface area contributed by atoms with Gasteiger partial charge in [0, 0.05) is 6.42 Å². The summed E-state index contributed by atoms with van der Waals surface area (Å²) in [5, 5.41) is 11.4. The van der Waals surface area contributed by atoms with Crippen LogP contribution in [0.25, 0.3) is 5.65 Å². The molecule has 2 aromatic rings. The van der Waals surface area contributed by atoms with Gasteiger partial charge in [0.1, 0.15) is 5.82 Å². The molecule has 0 fully saturated rings. The van der Waals surface area contributed by atoms with E-state index in [0.29, 0.717) is 6.42 Å². The molecule has 0 aliphatic rings. The first-order chi connectivity index (χ1) is 6.66. The van der Waals surface area contributed by atoms with Gasteiger partial charge in [-0.15, -0.1) is 0 Å². The van der Waals surface area contributed by atoms with Crippen molar-refractivity contribution in [3.05, 3.63) is 29.7 Å². The Morgan fingerprint density at radius 2 is 2.36 bits per heavy atom. The quantitative estimate of drug-likeness (QED) is 0.533. The van der Waals surface area contributed by atoms with Gasteiger partial charge in [0.25, 0.3) is 0 Å². The van der Waals surface area contributed by atoms with E-state index in [9.17, 15) is 0 Å². The lowest BCUT2D eigenvalue weighted by atomic mass is 10.2. The van der Waals surface area contributed by atoms with E-state index in [4.69, 9.17) is 11.1 Å². The van der Waals surface area contributed by atoms with Gasteiger partial charge in [-0.05, 0) is 19.1 Å². The van der Waals surface area contributed by atoms with Crippen molar-refractivity contribution in [3.8, 4) is 0 Å². The molecule has 0 saturated heterocycles. The minimum absolute atomic E-state index is 0.130. The summed E-state index contributed by atoms with van der Waals surface area (Å²) in [6, 6.07) is 5.66. The fraction of sp³-hybridized carbons (Fsp3) is 0.222. The van der Waals surface area contributed by atoms with Crippen molar-refractivity contribution in [2.75, 3.05) is 0 Å². The normalized spacial score (nSPS) is 10.6. The number of nitrogens with two attached hydrogens (primary N) is 1. The van der Waals surface area contributed by atoms with Gasteiger partial charge in [0.15, 0.2) is 5.65 Å². The summed E-state index contributed by atoms with van der Waals surface area (Å²) in [7, 11) is 0. The van der Waals surface area contributed by atoms with E-state index in [2.05, 4.69) is 10.1 Å². The molecule has 2 rings (SSSR count). The number of hydrogen-bond acceptors (Lipinski definition) is 3. The Kier molecular flexibility index (Phi) is 1.92. The van der Waals surface area contributed by atoms with Gasteiger partial charge in [-0.3, -0.25) is 5.41 Å². The SMILES string of the molecule is Cc1nc2cccc(CC(=N)N)n2n1. The van der Waals surface area contributed by atoms with E-state index in [1.807, 2.05) is 25.1 Å². The fourth-order valence-corrected chi connectivity index (χ4v) is 1.40. The minimum Gasteiger partial charge on any atom is -0.387 e. The highest BCUT2D eigenvalue weighted by Gasteiger charge is 2.04. The number of aryl methyl sites for hydroxylation is 1. The largest absolute Gasteiger partial charge is 0.387 e. The van der Waals surface area contributed by atoms with Crippen LogP contribution in [0.1, 0.15) is 11.5 Å². The molecule has 0 radical (unpaired) electrons. The number of rotatable bonds is 2. The molecule has 0 aromatic carbocycles. The van der Waals surface area contributed by atoms with Gasteiger partial charge < -0.3 is 5.73 Å². The highest BCUT2D eigenvalue weighted by molar-refractivity contribution is 5.79. The third-order valence-corrected chi connectivity index (χ3v) is 1.92. The Balaban J connectivity index is 2.58. The highest BCUT2D eigenvalue weighted by Crippen LogP contribution is 2.05. The average Bonchev–Trinajstić information content (AvgIpc) is 2.45. The summed E-state index contributed by atoms with van der Waals surface area (Å²) >= 11 is 0. The van der Waals surface area contributed by atoms with Crippen LogP contribution in [0.4, 0.5) is 0 Å². The monoisotopic (exact) mass is 189 g/mol. The van der Waals surface area contributed by atoms with Crippen molar-refractivity contribution < 1.29 is 0 Å². The van der Waals surface area contributed by atoms with Crippen LogP contribution in [0.2, 0.25) is 0 Å². The summed E-state index contributed by atoms with van der Waals surface area (Å²) < 4.78 is 1.72. The molecule has 5 nitrogen and oxygen atoms in total. The van der Waals surface area contributed by atoms with E-state index in [1.165, 1.54) is 0 Å². The van der Waals surface area contributed by atoms with Crippen LogP contribution in [0.15, 0.2) is 18.2 Å². The van der Waals surface area contributed by atoms with Gasteiger partial charge in [-0.25, -0.2) is 9.50 Å². The molecule has 5 heteroatoms. The van der Waals surface area contributed by atoms with Crippen LogP contribution < -0.4 is 5.73 Å². The molecule has 2 aromatic heterocycles. The number of hydrogen-bond donors (Lipinski definition) is 2. The summed E-state index contributed by atoms with van der Waals surface area (Å²) in [5.74, 6) is 0.853. The van der Waals surface area contributed by atoms with Crippen molar-refractivity contribution in [2.24, 2.45) is 5.73 Å². The molecule has 0 aliphatic carbocycles. The molecule has 0 bridgehead atoms. The first kappa shape index (κ1) is 8.68. The smallest absolute Gasteiger partial charge is 0.155 e. The van der Waals surface area contributed by atoms with Crippen LogP contribution in [-0.4, -0.2) is 20.4 Å². The predicted molar refractivity (Wildman–Crippen MR) is 53.3 cm³/mol. The van der Waals surface area contributed by atoms with E-state index in [0.717, 1.165) is 17.2 Å². The van der Waals surface area contributed by atoms with Gasteiger partial charge in [0.05, 0.1) is 11.5 Å². The molecule has 3 N–H and O–H groups in total. The number of amidine groups is 1. The van der Waals surface area contributed by atoms with Crippen molar-refractivity contribution in [1.29, 1.82) is 5.41 Å². The summed E-state index contributed by atoms with van der Waals surface area (Å²) in [5.41, 5.74) is 7.02. The molecular formula is C9H11N5. The second-order valence-electron chi connectivity index (χ2n) is 3.15. The Morgan fingerprint density at radius 1 is 1.57 bits per heavy atom. The summed E-state index contributed by atoms with van der Waals surface area (Å²) in [4.78, 5) is 4.22. The van der Waals surface area contributed by atoms with Gasteiger partial charge in [-0.1, -0.05) is 6.07 Å².